The van der Waals surface area contributed by atoms with Crippen molar-refractivity contribution in [2.75, 3.05) is 5.32 Å². The van der Waals surface area contributed by atoms with Gasteiger partial charge in [-0.05, 0) is 6.42 Å². The average molecular weight is 390 g/mol. The Labute approximate surface area is 167 Å². The van der Waals surface area contributed by atoms with E-state index in [-0.39, 0.29) is 11.6 Å². The number of hydrogen-bond donors (Lipinski definition) is 3. The van der Waals surface area contributed by atoms with Gasteiger partial charge in [0.15, 0.2) is 11.2 Å². The van der Waals surface area contributed by atoms with Crippen LogP contribution < -0.4 is 10.9 Å². The predicted molar refractivity (Wildman–Crippen MR) is 113 cm³/mol. The molecule has 3 rings (SSSR count). The third-order valence-corrected chi connectivity index (χ3v) is 5.77. The minimum absolute atomic E-state index is 0.150. The smallest absolute Gasteiger partial charge is 0.283 e. The van der Waals surface area contributed by atoms with Crippen molar-refractivity contribution in [3.63, 3.8) is 0 Å². The molecule has 0 saturated carbocycles. The Bertz CT molecular complexity index is 785. The van der Waals surface area contributed by atoms with Crippen molar-refractivity contribution in [1.29, 1.82) is 0 Å². The maximum Gasteiger partial charge on any atom is 0.283 e. The molecule has 0 aliphatic carbocycles. The lowest BCUT2D eigenvalue weighted by atomic mass is 10.0. The summed E-state index contributed by atoms with van der Waals surface area (Å²) >= 11 is 0. The van der Waals surface area contributed by atoms with Crippen molar-refractivity contribution in [2.45, 2.75) is 103 Å². The number of aliphatic hydroxyl groups excluding tert-OH is 1. The lowest BCUT2D eigenvalue weighted by Gasteiger charge is -2.30. The molecule has 0 amide bonds. The Morgan fingerprint density at radius 3 is 2.39 bits per heavy atom. The predicted octanol–water partition coefficient (Wildman–Crippen LogP) is 4.50. The topological polar surface area (TPSA) is 95.8 Å². The van der Waals surface area contributed by atoms with Gasteiger partial charge in [0.25, 0.3) is 5.56 Å². The van der Waals surface area contributed by atoms with E-state index in [1.54, 1.807) is 0 Å². The van der Waals surface area contributed by atoms with Gasteiger partial charge in [-0.15, -0.1) is 0 Å². The molecule has 0 aromatic carbocycles. The molecule has 0 spiro atoms. The first-order chi connectivity index (χ1) is 13.7. The summed E-state index contributed by atoms with van der Waals surface area (Å²) in [6.07, 6.45) is 16.7. The molecule has 0 bridgehead atoms. The fourth-order valence-corrected chi connectivity index (χ4v) is 4.12. The van der Waals surface area contributed by atoms with E-state index in [2.05, 4.69) is 27.2 Å². The first-order valence-corrected chi connectivity index (χ1v) is 11.1. The number of nitrogens with one attached hydrogen (secondary N) is 2. The standard InChI is InChI=1S/C21H35N5O2/c1-2-3-4-5-6-7-8-9-10-11-12-13-16-14-17(27)26-20(28)18-19(23-15-22-18)25-21(26)24-16/h15-17,27H,2-14H2,1H3,(H,22,23)(H,24,25)/t16-,17-/m1/s1. The van der Waals surface area contributed by atoms with E-state index < -0.39 is 6.23 Å². The minimum atomic E-state index is -0.832. The number of aromatic amines is 1. The highest BCUT2D eigenvalue weighted by Gasteiger charge is 2.27. The molecule has 28 heavy (non-hydrogen) atoms. The van der Waals surface area contributed by atoms with Crippen molar-refractivity contribution < 1.29 is 5.11 Å². The summed E-state index contributed by atoms with van der Waals surface area (Å²) in [6.45, 7) is 2.26. The number of nitrogens with zero attached hydrogens (tertiary/aromatic N) is 3. The maximum absolute atomic E-state index is 12.5. The molecular formula is C21H35N5O2. The zero-order chi connectivity index (χ0) is 19.8. The Kier molecular flexibility index (Phi) is 7.89. The van der Waals surface area contributed by atoms with Crippen molar-refractivity contribution in [1.82, 2.24) is 19.5 Å². The number of unbranched alkanes of at least 4 members (excludes halogenated alkanes) is 10. The summed E-state index contributed by atoms with van der Waals surface area (Å²) in [5.74, 6) is 0.427. The van der Waals surface area contributed by atoms with E-state index in [1.165, 1.54) is 75.1 Å². The van der Waals surface area contributed by atoms with E-state index in [4.69, 9.17) is 0 Å². The third-order valence-electron chi connectivity index (χ3n) is 5.77. The number of fused-ring (bicyclic) bond motifs is 2. The number of imidazole rings is 1. The maximum atomic E-state index is 12.5. The number of hydrogen-bond acceptors (Lipinski definition) is 5. The number of aromatic nitrogens is 4. The summed E-state index contributed by atoms with van der Waals surface area (Å²) in [7, 11) is 0. The van der Waals surface area contributed by atoms with Crippen LogP contribution in [-0.2, 0) is 0 Å². The minimum Gasteiger partial charge on any atom is -0.373 e. The van der Waals surface area contributed by atoms with Gasteiger partial charge in [-0.2, -0.15) is 4.98 Å². The molecule has 0 saturated heterocycles. The fourth-order valence-electron chi connectivity index (χ4n) is 4.12. The Morgan fingerprint density at radius 2 is 1.71 bits per heavy atom. The molecule has 1 aliphatic rings. The SMILES string of the molecule is CCCCCCCCCCCCC[C@@H]1C[C@@H](O)n2c(nc3nc[nH]c3c2=O)N1. The summed E-state index contributed by atoms with van der Waals surface area (Å²) in [5.41, 5.74) is 0.463. The van der Waals surface area contributed by atoms with Gasteiger partial charge in [0.1, 0.15) is 6.23 Å². The summed E-state index contributed by atoms with van der Waals surface area (Å²) < 4.78 is 1.33. The van der Waals surface area contributed by atoms with Gasteiger partial charge < -0.3 is 15.4 Å². The highest BCUT2D eigenvalue weighted by molar-refractivity contribution is 5.70. The van der Waals surface area contributed by atoms with E-state index in [9.17, 15) is 9.90 Å². The zero-order valence-corrected chi connectivity index (χ0v) is 17.1. The third kappa shape index (κ3) is 5.34. The number of H-pyrrole nitrogens is 1. The van der Waals surface area contributed by atoms with Gasteiger partial charge in [-0.25, -0.2) is 9.55 Å². The van der Waals surface area contributed by atoms with Crippen molar-refractivity contribution >= 4 is 17.1 Å². The molecule has 3 heterocycles. The fraction of sp³-hybridized carbons (Fsp3) is 0.762. The second-order valence-electron chi connectivity index (χ2n) is 8.09. The molecule has 7 heteroatoms. The van der Waals surface area contributed by atoms with Crippen molar-refractivity contribution in [2.24, 2.45) is 0 Å². The second kappa shape index (κ2) is 10.6. The zero-order valence-electron chi connectivity index (χ0n) is 17.1. The molecule has 2 aromatic rings. The molecule has 3 N–H and O–H groups in total. The Morgan fingerprint density at radius 1 is 1.07 bits per heavy atom. The van der Waals surface area contributed by atoms with Gasteiger partial charge in [-0.3, -0.25) is 4.79 Å². The molecule has 7 nitrogen and oxygen atoms in total. The van der Waals surface area contributed by atoms with Gasteiger partial charge in [0, 0.05) is 12.5 Å². The summed E-state index contributed by atoms with van der Waals surface area (Å²) in [4.78, 5) is 23.7. The number of rotatable bonds is 12. The highest BCUT2D eigenvalue weighted by Crippen LogP contribution is 2.26. The second-order valence-corrected chi connectivity index (χ2v) is 8.09. The van der Waals surface area contributed by atoms with Crippen LogP contribution >= 0.6 is 0 Å². The average Bonchev–Trinajstić information content (AvgIpc) is 3.14. The first kappa shape index (κ1) is 20.8. The van der Waals surface area contributed by atoms with E-state index in [0.29, 0.717) is 23.5 Å². The number of aliphatic hydroxyl groups is 1. The molecule has 2 aromatic heterocycles. The largest absolute Gasteiger partial charge is 0.373 e. The van der Waals surface area contributed by atoms with E-state index in [0.717, 1.165) is 12.8 Å². The van der Waals surface area contributed by atoms with Crippen LogP contribution in [0.1, 0.15) is 96.6 Å². The van der Waals surface area contributed by atoms with Gasteiger partial charge in [0.2, 0.25) is 5.95 Å². The van der Waals surface area contributed by atoms with Crippen LogP contribution in [0.15, 0.2) is 11.1 Å². The molecule has 0 fully saturated rings. The normalized spacial score (nSPS) is 18.9. The highest BCUT2D eigenvalue weighted by atomic mass is 16.3. The van der Waals surface area contributed by atoms with Crippen molar-refractivity contribution in [3.8, 4) is 0 Å². The molecule has 0 unspecified atom stereocenters. The van der Waals surface area contributed by atoms with Crippen molar-refractivity contribution in [3.05, 3.63) is 16.7 Å². The molecule has 156 valence electrons. The van der Waals surface area contributed by atoms with Gasteiger partial charge in [-0.1, -0.05) is 77.6 Å². The molecule has 1 aliphatic heterocycles. The van der Waals surface area contributed by atoms with Gasteiger partial charge >= 0.3 is 0 Å². The lowest BCUT2D eigenvalue weighted by Crippen LogP contribution is -2.39. The van der Waals surface area contributed by atoms with Crippen LogP contribution in [0.25, 0.3) is 11.2 Å². The van der Waals surface area contributed by atoms with Crippen LogP contribution in [0, 0.1) is 0 Å². The van der Waals surface area contributed by atoms with Crippen LogP contribution in [0.2, 0.25) is 0 Å². The molecule has 2 atom stereocenters. The van der Waals surface area contributed by atoms with Gasteiger partial charge in [0.05, 0.1) is 6.33 Å². The summed E-state index contributed by atoms with van der Waals surface area (Å²) in [5, 5.41) is 13.8. The van der Waals surface area contributed by atoms with E-state index in [1.807, 2.05) is 0 Å². The van der Waals surface area contributed by atoms with Crippen LogP contribution in [0.4, 0.5) is 5.95 Å². The quantitative estimate of drug-likeness (QED) is 0.465. The Balaban J connectivity index is 1.35. The molecule has 0 radical (unpaired) electrons. The van der Waals surface area contributed by atoms with Crippen LogP contribution in [0.5, 0.6) is 0 Å². The Hall–Kier alpha value is -1.89. The van der Waals surface area contributed by atoms with Crippen LogP contribution in [-0.4, -0.2) is 30.7 Å². The lowest BCUT2D eigenvalue weighted by molar-refractivity contribution is 0.0771. The number of anilines is 1. The first-order valence-electron chi connectivity index (χ1n) is 11.1. The summed E-state index contributed by atoms with van der Waals surface area (Å²) in [6, 6.07) is 0.150. The van der Waals surface area contributed by atoms with E-state index >= 15 is 0 Å². The molecular weight excluding hydrogens is 354 g/mol. The monoisotopic (exact) mass is 389 g/mol. The van der Waals surface area contributed by atoms with Crippen LogP contribution in [0.3, 0.4) is 0 Å².